The Kier molecular flexibility index (Phi) is 2.85. The number of amides is 2. The molecule has 110 valence electrons. The van der Waals surface area contributed by atoms with E-state index in [2.05, 4.69) is 10.6 Å². The number of rotatable bonds is 2. The van der Waals surface area contributed by atoms with E-state index in [1.54, 1.807) is 0 Å². The molecule has 2 aliphatic rings. The molecule has 0 aromatic carbocycles. The highest BCUT2D eigenvalue weighted by atomic mass is 32.1. The second kappa shape index (κ2) is 4.66. The van der Waals surface area contributed by atoms with Crippen molar-refractivity contribution in [2.45, 2.75) is 13.8 Å². The summed E-state index contributed by atoms with van der Waals surface area (Å²) in [6, 6.07) is 3.97. The molecule has 0 aliphatic carbocycles. The fourth-order valence-electron chi connectivity index (χ4n) is 2.68. The van der Waals surface area contributed by atoms with E-state index in [0.29, 0.717) is 22.5 Å². The highest BCUT2D eigenvalue weighted by Gasteiger charge is 2.41. The van der Waals surface area contributed by atoms with Gasteiger partial charge in [-0.05, 0) is 47.9 Å². The van der Waals surface area contributed by atoms with Crippen molar-refractivity contribution in [1.82, 2.24) is 10.6 Å². The summed E-state index contributed by atoms with van der Waals surface area (Å²) in [5.41, 5.74) is 4.41. The monoisotopic (exact) mass is 328 g/mol. The molecule has 0 spiro atoms. The normalized spacial score (nSPS) is 17.2. The maximum absolute atomic E-state index is 12.4. The van der Waals surface area contributed by atoms with Crippen LogP contribution in [0.4, 0.5) is 0 Å². The van der Waals surface area contributed by atoms with Gasteiger partial charge in [0.25, 0.3) is 11.8 Å². The van der Waals surface area contributed by atoms with Crippen molar-refractivity contribution in [3.05, 3.63) is 54.9 Å². The van der Waals surface area contributed by atoms with Crippen LogP contribution in [0.5, 0.6) is 0 Å². The minimum Gasteiger partial charge on any atom is -0.320 e. The van der Waals surface area contributed by atoms with E-state index in [9.17, 15) is 9.59 Å². The van der Waals surface area contributed by atoms with Crippen LogP contribution in [0.25, 0.3) is 11.4 Å². The van der Waals surface area contributed by atoms with Gasteiger partial charge in [0.2, 0.25) is 0 Å². The number of hydrogen-bond acceptors (Lipinski definition) is 4. The average molecular weight is 328 g/mol. The molecule has 0 unspecified atom stereocenters. The second-order valence-electron chi connectivity index (χ2n) is 5.38. The van der Waals surface area contributed by atoms with Crippen molar-refractivity contribution in [1.29, 1.82) is 0 Å². The van der Waals surface area contributed by atoms with Crippen LogP contribution >= 0.6 is 22.7 Å². The van der Waals surface area contributed by atoms with E-state index in [0.717, 1.165) is 20.9 Å². The topological polar surface area (TPSA) is 58.2 Å². The number of fused-ring (bicyclic) bond motifs is 1. The van der Waals surface area contributed by atoms with Crippen molar-refractivity contribution < 1.29 is 9.59 Å². The van der Waals surface area contributed by atoms with Crippen LogP contribution in [-0.4, -0.2) is 11.8 Å². The van der Waals surface area contributed by atoms with Crippen molar-refractivity contribution in [2.75, 3.05) is 0 Å². The predicted molar refractivity (Wildman–Crippen MR) is 88.2 cm³/mol. The summed E-state index contributed by atoms with van der Waals surface area (Å²) in [5.74, 6) is -0.425. The van der Waals surface area contributed by atoms with Crippen LogP contribution in [0.3, 0.4) is 0 Å². The first-order chi connectivity index (χ1) is 10.5. The van der Waals surface area contributed by atoms with Gasteiger partial charge < -0.3 is 10.6 Å². The van der Waals surface area contributed by atoms with E-state index in [1.165, 1.54) is 22.7 Å². The Hall–Kier alpha value is -2.18. The fraction of sp³-hybridized carbons (Fsp3) is 0.125. The molecule has 0 fully saturated rings. The van der Waals surface area contributed by atoms with Crippen LogP contribution in [0.2, 0.25) is 0 Å². The molecule has 0 atom stereocenters. The lowest BCUT2D eigenvalue weighted by molar-refractivity contribution is -0.117. The summed E-state index contributed by atoms with van der Waals surface area (Å²) in [6.45, 7) is 3.99. The molecule has 4 nitrogen and oxygen atoms in total. The third kappa shape index (κ3) is 1.88. The molecule has 0 radical (unpaired) electrons. The number of carbonyl (C=O) groups is 2. The lowest BCUT2D eigenvalue weighted by Gasteiger charge is -2.03. The second-order valence-corrected chi connectivity index (χ2v) is 7.21. The van der Waals surface area contributed by atoms with Gasteiger partial charge in [-0.2, -0.15) is 0 Å². The first kappa shape index (κ1) is 13.5. The Balaban J connectivity index is 1.91. The molecule has 6 heteroatoms. The number of thiophene rings is 2. The van der Waals surface area contributed by atoms with Crippen LogP contribution in [0, 0.1) is 13.8 Å². The number of carbonyl (C=O) groups excluding carboxylic acids is 2. The van der Waals surface area contributed by atoms with Crippen molar-refractivity contribution in [2.24, 2.45) is 0 Å². The molecule has 0 saturated carbocycles. The molecular formula is C16H12N2O2S2. The van der Waals surface area contributed by atoms with Crippen molar-refractivity contribution in [3.63, 3.8) is 0 Å². The Morgan fingerprint density at radius 3 is 1.50 bits per heavy atom. The summed E-state index contributed by atoms with van der Waals surface area (Å²) in [7, 11) is 0. The zero-order valence-corrected chi connectivity index (χ0v) is 13.6. The van der Waals surface area contributed by atoms with Gasteiger partial charge in [0.15, 0.2) is 0 Å². The summed E-state index contributed by atoms with van der Waals surface area (Å²) < 4.78 is 0. The van der Waals surface area contributed by atoms with Gasteiger partial charge in [0.1, 0.15) is 0 Å². The van der Waals surface area contributed by atoms with Gasteiger partial charge in [0.05, 0.1) is 32.3 Å². The van der Waals surface area contributed by atoms with Gasteiger partial charge in [0, 0.05) is 0 Å². The van der Waals surface area contributed by atoms with E-state index in [4.69, 9.17) is 0 Å². The van der Waals surface area contributed by atoms with Gasteiger partial charge >= 0.3 is 0 Å². The Labute approximate surface area is 135 Å². The van der Waals surface area contributed by atoms with Crippen molar-refractivity contribution in [3.8, 4) is 0 Å². The highest BCUT2D eigenvalue weighted by molar-refractivity contribution is 7.11. The Morgan fingerprint density at radius 2 is 1.18 bits per heavy atom. The first-order valence-electron chi connectivity index (χ1n) is 6.77. The summed E-state index contributed by atoms with van der Waals surface area (Å²) in [5, 5.41) is 9.73. The first-order valence-corrected chi connectivity index (χ1v) is 8.53. The lowest BCUT2D eigenvalue weighted by atomic mass is 10.1. The maximum Gasteiger partial charge on any atom is 0.258 e. The van der Waals surface area contributed by atoms with Crippen LogP contribution in [0.1, 0.15) is 20.9 Å². The zero-order chi connectivity index (χ0) is 15.4. The molecule has 2 amide bonds. The van der Waals surface area contributed by atoms with Crippen molar-refractivity contribution >= 4 is 45.9 Å². The highest BCUT2D eigenvalue weighted by Crippen LogP contribution is 2.39. The number of nitrogens with one attached hydrogen (secondary N) is 2. The smallest absolute Gasteiger partial charge is 0.258 e. The third-order valence-electron chi connectivity index (χ3n) is 3.64. The van der Waals surface area contributed by atoms with E-state index >= 15 is 0 Å². The number of hydrogen-bond donors (Lipinski definition) is 2. The quantitative estimate of drug-likeness (QED) is 0.890. The molecule has 2 aliphatic heterocycles. The molecule has 0 saturated heterocycles. The maximum atomic E-state index is 12.4. The molecule has 0 bridgehead atoms. The fourth-order valence-corrected chi connectivity index (χ4v) is 4.49. The number of aryl methyl sites for hydroxylation is 2. The predicted octanol–water partition coefficient (Wildman–Crippen LogP) is 2.81. The van der Waals surface area contributed by atoms with Crippen LogP contribution < -0.4 is 10.6 Å². The van der Waals surface area contributed by atoms with Gasteiger partial charge in [-0.3, -0.25) is 9.59 Å². The van der Waals surface area contributed by atoms with Gasteiger partial charge in [-0.25, -0.2) is 0 Å². The minimum atomic E-state index is -0.213. The average Bonchev–Trinajstić information content (AvgIpc) is 3.19. The minimum absolute atomic E-state index is 0.213. The van der Waals surface area contributed by atoms with E-state index < -0.39 is 0 Å². The van der Waals surface area contributed by atoms with Crippen LogP contribution in [0.15, 0.2) is 34.0 Å². The standard InChI is InChI=1S/C16H12N2O2S2/c1-7-3-9(21-5-7)13-11-12(16(20)17-13)14(18-15(11)19)10-4-8(2)6-22-10/h3-6H,1-2H3,(H,17,20)(H,18,19). The molecule has 2 aromatic rings. The Morgan fingerprint density at radius 1 is 0.773 bits per heavy atom. The van der Waals surface area contributed by atoms with Gasteiger partial charge in [-0.15, -0.1) is 22.7 Å². The lowest BCUT2D eigenvalue weighted by Crippen LogP contribution is -2.20. The van der Waals surface area contributed by atoms with Gasteiger partial charge in [-0.1, -0.05) is 0 Å². The molecule has 2 N–H and O–H groups in total. The van der Waals surface area contributed by atoms with E-state index in [1.807, 2.05) is 36.7 Å². The third-order valence-corrected chi connectivity index (χ3v) is 5.77. The largest absolute Gasteiger partial charge is 0.320 e. The SMILES string of the molecule is Cc1csc(C2=C3C(=O)NC(c4cc(C)cs4)=C3C(=O)N2)c1. The molecule has 4 rings (SSSR count). The zero-order valence-electron chi connectivity index (χ0n) is 11.9. The molecule has 22 heavy (non-hydrogen) atoms. The Bertz CT molecular complexity index is 825. The molecule has 2 aromatic heterocycles. The summed E-state index contributed by atoms with van der Waals surface area (Å²) in [6.07, 6.45) is 0. The van der Waals surface area contributed by atoms with Crippen LogP contribution in [-0.2, 0) is 9.59 Å². The van der Waals surface area contributed by atoms with E-state index in [-0.39, 0.29) is 11.8 Å². The summed E-state index contributed by atoms with van der Waals surface area (Å²) >= 11 is 3.06. The molecular weight excluding hydrogens is 316 g/mol. The molecule has 4 heterocycles. The summed E-state index contributed by atoms with van der Waals surface area (Å²) in [4.78, 5) is 26.6.